The van der Waals surface area contributed by atoms with Crippen molar-refractivity contribution in [2.45, 2.75) is 24.3 Å². The molecule has 0 saturated heterocycles. The average molecular weight is 398 g/mol. The predicted octanol–water partition coefficient (Wildman–Crippen LogP) is 4.06. The highest BCUT2D eigenvalue weighted by atomic mass is 32.2. The van der Waals surface area contributed by atoms with Crippen molar-refractivity contribution in [3.8, 4) is 0 Å². The van der Waals surface area contributed by atoms with Crippen LogP contribution in [0.5, 0.6) is 0 Å². The van der Waals surface area contributed by atoms with E-state index in [2.05, 4.69) is 42.6 Å². The molecule has 2 aromatic carbocycles. The molecule has 27 heavy (non-hydrogen) atoms. The molecule has 1 aliphatic rings. The summed E-state index contributed by atoms with van der Waals surface area (Å²) in [6.45, 7) is 2.06. The number of nitrogens with zero attached hydrogens (tertiary/aromatic N) is 2. The third kappa shape index (κ3) is 3.66. The Morgan fingerprint density at radius 2 is 1.78 bits per heavy atom. The molecule has 0 spiro atoms. The van der Waals surface area contributed by atoms with Crippen LogP contribution < -0.4 is 10.1 Å². The van der Waals surface area contributed by atoms with Gasteiger partial charge in [0.05, 0.1) is 22.3 Å². The van der Waals surface area contributed by atoms with Crippen LogP contribution in [0.4, 0.5) is 5.69 Å². The van der Waals surface area contributed by atoms with Crippen molar-refractivity contribution in [3.05, 3.63) is 82.0 Å². The molecule has 0 bridgehead atoms. The van der Waals surface area contributed by atoms with Crippen molar-refractivity contribution >= 4 is 32.8 Å². The Bertz CT molecular complexity index is 1070. The number of sulfonamides is 1. The number of thiophene rings is 1. The zero-order valence-corrected chi connectivity index (χ0v) is 16.4. The van der Waals surface area contributed by atoms with Crippen LogP contribution in [-0.4, -0.2) is 14.1 Å². The monoisotopic (exact) mass is 397 g/mol. The molecule has 7 heteroatoms. The highest BCUT2D eigenvalue weighted by Gasteiger charge is 2.30. The highest BCUT2D eigenvalue weighted by Crippen LogP contribution is 2.38. The SMILES string of the molecule is Cc1ccc(C2=NN(c3ccc(S(N)(=O)=O)cc3)C(c3cccs3)C2)cc1. The largest absolute Gasteiger partial charge is 0.257 e. The third-order valence-corrected chi connectivity index (χ3v) is 6.50. The summed E-state index contributed by atoms with van der Waals surface area (Å²) in [4.78, 5) is 1.32. The molecule has 2 heterocycles. The summed E-state index contributed by atoms with van der Waals surface area (Å²) in [5.41, 5.74) is 4.17. The molecule has 0 aliphatic carbocycles. The zero-order valence-electron chi connectivity index (χ0n) is 14.7. The van der Waals surface area contributed by atoms with Crippen LogP contribution in [0, 0.1) is 6.92 Å². The lowest BCUT2D eigenvalue weighted by Gasteiger charge is -2.22. The van der Waals surface area contributed by atoms with Gasteiger partial charge in [-0.1, -0.05) is 35.9 Å². The van der Waals surface area contributed by atoms with Crippen molar-refractivity contribution in [3.63, 3.8) is 0 Å². The van der Waals surface area contributed by atoms with Crippen molar-refractivity contribution in [2.24, 2.45) is 10.2 Å². The van der Waals surface area contributed by atoms with E-state index in [9.17, 15) is 8.42 Å². The molecule has 1 aromatic heterocycles. The van der Waals surface area contributed by atoms with E-state index in [4.69, 9.17) is 10.2 Å². The summed E-state index contributed by atoms with van der Waals surface area (Å²) < 4.78 is 23.0. The van der Waals surface area contributed by atoms with Gasteiger partial charge in [-0.2, -0.15) is 5.10 Å². The number of aryl methyl sites for hydroxylation is 1. The Hall–Kier alpha value is -2.48. The van der Waals surface area contributed by atoms with Gasteiger partial charge >= 0.3 is 0 Å². The molecule has 2 N–H and O–H groups in total. The van der Waals surface area contributed by atoms with E-state index in [1.54, 1.807) is 23.5 Å². The Labute approximate surface area is 162 Å². The molecule has 138 valence electrons. The number of benzene rings is 2. The molecular weight excluding hydrogens is 378 g/mol. The molecule has 1 unspecified atom stereocenters. The van der Waals surface area contributed by atoms with Gasteiger partial charge in [-0.25, -0.2) is 13.6 Å². The van der Waals surface area contributed by atoms with Gasteiger partial charge in [0.15, 0.2) is 0 Å². The molecular formula is C20H19N3O2S2. The maximum Gasteiger partial charge on any atom is 0.238 e. The van der Waals surface area contributed by atoms with Gasteiger partial charge in [-0.05, 0) is 48.2 Å². The number of hydrogen-bond donors (Lipinski definition) is 1. The number of nitrogens with two attached hydrogens (primary N) is 1. The van der Waals surface area contributed by atoms with E-state index < -0.39 is 10.0 Å². The first-order chi connectivity index (χ1) is 12.9. The smallest absolute Gasteiger partial charge is 0.238 e. The molecule has 4 rings (SSSR count). The van der Waals surface area contributed by atoms with E-state index in [0.717, 1.165) is 23.4 Å². The zero-order chi connectivity index (χ0) is 19.0. The minimum Gasteiger partial charge on any atom is -0.257 e. The topological polar surface area (TPSA) is 75.8 Å². The van der Waals surface area contributed by atoms with Gasteiger partial charge in [0.1, 0.15) is 0 Å². The Kier molecular flexibility index (Phi) is 4.59. The molecule has 3 aromatic rings. The lowest BCUT2D eigenvalue weighted by Crippen LogP contribution is -2.18. The molecule has 1 aliphatic heterocycles. The summed E-state index contributed by atoms with van der Waals surface area (Å²) in [5, 5.41) is 14.1. The van der Waals surface area contributed by atoms with E-state index in [0.29, 0.717) is 0 Å². The van der Waals surface area contributed by atoms with Crippen molar-refractivity contribution in [1.29, 1.82) is 0 Å². The maximum atomic E-state index is 11.5. The van der Waals surface area contributed by atoms with Crippen LogP contribution >= 0.6 is 11.3 Å². The summed E-state index contributed by atoms with van der Waals surface area (Å²) in [7, 11) is -3.71. The van der Waals surface area contributed by atoms with Crippen LogP contribution in [0.1, 0.15) is 28.5 Å². The number of hydrazone groups is 1. The van der Waals surface area contributed by atoms with Gasteiger partial charge in [-0.15, -0.1) is 11.3 Å². The van der Waals surface area contributed by atoms with Crippen LogP contribution in [0.15, 0.2) is 76.0 Å². The molecule has 5 nitrogen and oxygen atoms in total. The molecule has 0 fully saturated rings. The van der Waals surface area contributed by atoms with Gasteiger partial charge in [0, 0.05) is 11.3 Å². The summed E-state index contributed by atoms with van der Waals surface area (Å²) in [6, 6.07) is 19.1. The Morgan fingerprint density at radius 3 is 2.37 bits per heavy atom. The molecule has 1 atom stereocenters. The minimum atomic E-state index is -3.71. The van der Waals surface area contributed by atoms with E-state index in [1.807, 2.05) is 11.1 Å². The first-order valence-electron chi connectivity index (χ1n) is 8.52. The Balaban J connectivity index is 1.73. The first kappa shape index (κ1) is 17.9. The van der Waals surface area contributed by atoms with Gasteiger partial charge in [0.2, 0.25) is 10.0 Å². The second-order valence-electron chi connectivity index (χ2n) is 6.53. The fourth-order valence-corrected chi connectivity index (χ4v) is 4.49. The van der Waals surface area contributed by atoms with Crippen molar-refractivity contribution in [1.82, 2.24) is 0 Å². The second-order valence-corrected chi connectivity index (χ2v) is 9.07. The standard InChI is InChI=1S/C20H19N3O2S2/c1-14-4-6-15(7-5-14)18-13-19(20-3-2-12-26-20)23(22-18)16-8-10-17(11-9-16)27(21,24)25/h2-12,19H,13H2,1H3,(H2,21,24,25). The predicted molar refractivity (Wildman–Crippen MR) is 110 cm³/mol. The fraction of sp³-hybridized carbons (Fsp3) is 0.150. The number of rotatable bonds is 4. The number of primary sulfonamides is 1. The lowest BCUT2D eigenvalue weighted by molar-refractivity contribution is 0.598. The van der Waals surface area contributed by atoms with Crippen molar-refractivity contribution < 1.29 is 8.42 Å². The average Bonchev–Trinajstić information content (AvgIpc) is 3.31. The lowest BCUT2D eigenvalue weighted by atomic mass is 10.0. The summed E-state index contributed by atoms with van der Waals surface area (Å²) in [5.74, 6) is 0. The van der Waals surface area contributed by atoms with Crippen LogP contribution in [0.2, 0.25) is 0 Å². The summed E-state index contributed by atoms with van der Waals surface area (Å²) in [6.07, 6.45) is 0.792. The van der Waals surface area contributed by atoms with Gasteiger partial charge in [0.25, 0.3) is 0 Å². The number of anilines is 1. The van der Waals surface area contributed by atoms with E-state index in [-0.39, 0.29) is 10.9 Å². The van der Waals surface area contributed by atoms with Gasteiger partial charge in [-0.3, -0.25) is 5.01 Å². The van der Waals surface area contributed by atoms with Crippen LogP contribution in [-0.2, 0) is 10.0 Å². The van der Waals surface area contributed by atoms with E-state index in [1.165, 1.54) is 22.6 Å². The first-order valence-corrected chi connectivity index (χ1v) is 10.9. The van der Waals surface area contributed by atoms with Crippen molar-refractivity contribution in [2.75, 3.05) is 5.01 Å². The van der Waals surface area contributed by atoms with E-state index >= 15 is 0 Å². The summed E-state index contributed by atoms with van der Waals surface area (Å²) >= 11 is 1.69. The van der Waals surface area contributed by atoms with Crippen LogP contribution in [0.25, 0.3) is 0 Å². The number of hydrogen-bond acceptors (Lipinski definition) is 5. The molecule has 0 amide bonds. The molecule has 0 radical (unpaired) electrons. The highest BCUT2D eigenvalue weighted by molar-refractivity contribution is 7.89. The third-order valence-electron chi connectivity index (χ3n) is 4.60. The molecule has 0 saturated carbocycles. The second kappa shape index (κ2) is 6.92. The van der Waals surface area contributed by atoms with Crippen LogP contribution in [0.3, 0.4) is 0 Å². The normalized spacial score (nSPS) is 17.2. The quantitative estimate of drug-likeness (QED) is 0.721. The fourth-order valence-electron chi connectivity index (χ4n) is 3.16. The van der Waals surface area contributed by atoms with Gasteiger partial charge < -0.3 is 0 Å². The minimum absolute atomic E-state index is 0.0848. The maximum absolute atomic E-state index is 11.5. The Morgan fingerprint density at radius 1 is 1.07 bits per heavy atom.